The second kappa shape index (κ2) is 3.83. The quantitative estimate of drug-likeness (QED) is 0.764. The third-order valence-corrected chi connectivity index (χ3v) is 2.59. The summed E-state index contributed by atoms with van der Waals surface area (Å²) in [6.45, 7) is 3.75. The molecule has 0 aromatic carbocycles. The third-order valence-electron chi connectivity index (χ3n) is 1.69. The first-order valence-electron chi connectivity index (χ1n) is 4.32. The van der Waals surface area contributed by atoms with Gasteiger partial charge >= 0.3 is 0 Å². The fraction of sp³-hybridized carbons (Fsp3) is 0.500. The molecule has 0 aliphatic rings. The van der Waals surface area contributed by atoms with E-state index in [9.17, 15) is 0 Å². The molecule has 5 nitrogen and oxygen atoms in total. The van der Waals surface area contributed by atoms with Crippen LogP contribution in [-0.2, 0) is 12.8 Å². The lowest BCUT2D eigenvalue weighted by Gasteiger charge is -1.88. The van der Waals surface area contributed by atoms with Crippen LogP contribution in [0.4, 0.5) is 0 Å². The summed E-state index contributed by atoms with van der Waals surface area (Å²) in [5, 5.41) is 13.7. The first-order chi connectivity index (χ1) is 6.74. The topological polar surface area (TPSA) is 64.7 Å². The number of rotatable bonds is 3. The molecule has 0 spiro atoms. The van der Waals surface area contributed by atoms with Crippen LogP contribution in [0.15, 0.2) is 4.52 Å². The van der Waals surface area contributed by atoms with Gasteiger partial charge in [-0.2, -0.15) is 4.98 Å². The molecular weight excluding hydrogens is 200 g/mol. The van der Waals surface area contributed by atoms with Crippen molar-refractivity contribution in [2.45, 2.75) is 26.7 Å². The minimum Gasteiger partial charge on any atom is -0.339 e. The number of aryl methyl sites for hydroxylation is 4. The number of hydrogen-bond donors (Lipinski definition) is 0. The SMILES string of the molecule is Cc1noc(CCc2nnc(C)s2)n1. The summed E-state index contributed by atoms with van der Waals surface area (Å²) in [5.74, 6) is 1.34. The first-order valence-corrected chi connectivity index (χ1v) is 5.14. The molecular formula is C8H10N4OS. The van der Waals surface area contributed by atoms with Crippen LogP contribution in [0.3, 0.4) is 0 Å². The van der Waals surface area contributed by atoms with Crippen LogP contribution in [0.5, 0.6) is 0 Å². The van der Waals surface area contributed by atoms with Crippen molar-refractivity contribution in [3.63, 3.8) is 0 Å². The van der Waals surface area contributed by atoms with Crippen molar-refractivity contribution in [1.29, 1.82) is 0 Å². The summed E-state index contributed by atoms with van der Waals surface area (Å²) >= 11 is 1.60. The highest BCUT2D eigenvalue weighted by Crippen LogP contribution is 2.10. The molecule has 6 heteroatoms. The van der Waals surface area contributed by atoms with Crippen molar-refractivity contribution in [3.05, 3.63) is 21.7 Å². The minimum absolute atomic E-state index is 0.662. The molecule has 0 atom stereocenters. The fourth-order valence-corrected chi connectivity index (χ4v) is 1.80. The summed E-state index contributed by atoms with van der Waals surface area (Å²) in [5.41, 5.74) is 0. The third kappa shape index (κ3) is 2.14. The lowest BCUT2D eigenvalue weighted by Crippen LogP contribution is -1.91. The molecule has 0 amide bonds. The van der Waals surface area contributed by atoms with Gasteiger partial charge in [0, 0.05) is 12.8 Å². The lowest BCUT2D eigenvalue weighted by atomic mass is 10.3. The van der Waals surface area contributed by atoms with Gasteiger partial charge in [-0.3, -0.25) is 0 Å². The van der Waals surface area contributed by atoms with E-state index >= 15 is 0 Å². The van der Waals surface area contributed by atoms with Gasteiger partial charge in [-0.15, -0.1) is 21.5 Å². The van der Waals surface area contributed by atoms with E-state index in [0.29, 0.717) is 11.7 Å². The Morgan fingerprint density at radius 3 is 2.64 bits per heavy atom. The van der Waals surface area contributed by atoms with Gasteiger partial charge in [0.25, 0.3) is 0 Å². The van der Waals surface area contributed by atoms with Crippen LogP contribution in [0, 0.1) is 13.8 Å². The van der Waals surface area contributed by atoms with E-state index in [1.807, 2.05) is 13.8 Å². The molecule has 0 fully saturated rings. The van der Waals surface area contributed by atoms with Gasteiger partial charge in [-0.05, 0) is 13.8 Å². The molecule has 0 saturated carbocycles. The molecule has 14 heavy (non-hydrogen) atoms. The monoisotopic (exact) mass is 210 g/mol. The molecule has 0 aliphatic carbocycles. The molecule has 2 aromatic rings. The summed E-state index contributed by atoms with van der Waals surface area (Å²) in [6.07, 6.45) is 1.54. The van der Waals surface area contributed by atoms with Gasteiger partial charge in [0.15, 0.2) is 5.82 Å². The normalized spacial score (nSPS) is 10.7. The maximum atomic E-state index is 4.99. The van der Waals surface area contributed by atoms with Gasteiger partial charge in [-0.25, -0.2) is 0 Å². The number of nitrogens with zero attached hydrogens (tertiary/aromatic N) is 4. The maximum Gasteiger partial charge on any atom is 0.227 e. The van der Waals surface area contributed by atoms with Crippen molar-refractivity contribution in [2.75, 3.05) is 0 Å². The van der Waals surface area contributed by atoms with Crippen molar-refractivity contribution < 1.29 is 4.52 Å². The molecule has 2 aromatic heterocycles. The fourth-order valence-electron chi connectivity index (χ4n) is 1.09. The van der Waals surface area contributed by atoms with E-state index in [4.69, 9.17) is 4.52 Å². The zero-order chi connectivity index (χ0) is 9.97. The molecule has 0 N–H and O–H groups in total. The Kier molecular flexibility index (Phi) is 2.53. The summed E-state index contributed by atoms with van der Waals surface area (Å²) in [7, 11) is 0. The summed E-state index contributed by atoms with van der Waals surface area (Å²) in [6, 6.07) is 0. The van der Waals surface area contributed by atoms with Gasteiger partial charge < -0.3 is 4.52 Å². The highest BCUT2D eigenvalue weighted by Gasteiger charge is 2.05. The average Bonchev–Trinajstić information content (AvgIpc) is 2.72. The number of hydrogen-bond acceptors (Lipinski definition) is 6. The van der Waals surface area contributed by atoms with Crippen molar-refractivity contribution >= 4 is 11.3 Å². The molecule has 0 aliphatic heterocycles. The largest absolute Gasteiger partial charge is 0.339 e. The second-order valence-corrected chi connectivity index (χ2v) is 4.22. The van der Waals surface area contributed by atoms with E-state index in [1.165, 1.54) is 0 Å². The highest BCUT2D eigenvalue weighted by molar-refractivity contribution is 7.11. The maximum absolute atomic E-state index is 4.99. The highest BCUT2D eigenvalue weighted by atomic mass is 32.1. The minimum atomic E-state index is 0.662. The predicted molar refractivity (Wildman–Crippen MR) is 51.1 cm³/mol. The summed E-state index contributed by atoms with van der Waals surface area (Å²) < 4.78 is 4.99. The molecule has 0 bridgehead atoms. The Labute approximate surface area is 85.2 Å². The Hall–Kier alpha value is -1.30. The van der Waals surface area contributed by atoms with Crippen molar-refractivity contribution in [2.24, 2.45) is 0 Å². The van der Waals surface area contributed by atoms with E-state index in [2.05, 4.69) is 20.3 Å². The molecule has 0 radical (unpaired) electrons. The standard InChI is InChI=1S/C8H10N4OS/c1-5-9-7(13-12-5)3-4-8-11-10-6(2)14-8/h3-4H2,1-2H3. The zero-order valence-corrected chi connectivity index (χ0v) is 8.84. The van der Waals surface area contributed by atoms with E-state index in [0.717, 1.165) is 22.9 Å². The molecule has 2 heterocycles. The Morgan fingerprint density at radius 1 is 1.21 bits per heavy atom. The average molecular weight is 210 g/mol. The lowest BCUT2D eigenvalue weighted by molar-refractivity contribution is 0.374. The predicted octanol–water partition coefficient (Wildman–Crippen LogP) is 1.32. The number of aromatic nitrogens is 4. The van der Waals surface area contributed by atoms with Crippen LogP contribution in [0.25, 0.3) is 0 Å². The van der Waals surface area contributed by atoms with Crippen LogP contribution in [-0.4, -0.2) is 20.3 Å². The van der Waals surface area contributed by atoms with E-state index in [1.54, 1.807) is 11.3 Å². The van der Waals surface area contributed by atoms with E-state index in [-0.39, 0.29) is 0 Å². The van der Waals surface area contributed by atoms with Crippen LogP contribution in [0.1, 0.15) is 21.7 Å². The Balaban J connectivity index is 1.94. The van der Waals surface area contributed by atoms with Crippen LogP contribution >= 0.6 is 11.3 Å². The summed E-state index contributed by atoms with van der Waals surface area (Å²) in [4.78, 5) is 4.11. The molecule has 0 unspecified atom stereocenters. The second-order valence-electron chi connectivity index (χ2n) is 2.95. The van der Waals surface area contributed by atoms with Crippen molar-refractivity contribution in [3.8, 4) is 0 Å². The Morgan fingerprint density at radius 2 is 2.07 bits per heavy atom. The first kappa shape index (κ1) is 9.26. The molecule has 0 saturated heterocycles. The van der Waals surface area contributed by atoms with E-state index < -0.39 is 0 Å². The smallest absolute Gasteiger partial charge is 0.227 e. The van der Waals surface area contributed by atoms with Crippen LogP contribution in [0.2, 0.25) is 0 Å². The molecule has 2 rings (SSSR count). The Bertz CT molecular complexity index is 382. The van der Waals surface area contributed by atoms with Crippen LogP contribution < -0.4 is 0 Å². The van der Waals surface area contributed by atoms with Crippen molar-refractivity contribution in [1.82, 2.24) is 20.3 Å². The molecule has 74 valence electrons. The van der Waals surface area contributed by atoms with Gasteiger partial charge in [0.2, 0.25) is 5.89 Å². The van der Waals surface area contributed by atoms with Gasteiger partial charge in [0.1, 0.15) is 10.0 Å². The van der Waals surface area contributed by atoms with Gasteiger partial charge in [0.05, 0.1) is 0 Å². The van der Waals surface area contributed by atoms with Gasteiger partial charge in [-0.1, -0.05) is 5.16 Å². The zero-order valence-electron chi connectivity index (χ0n) is 8.02.